The van der Waals surface area contributed by atoms with Crippen LogP contribution in [-0.2, 0) is 11.2 Å². The summed E-state index contributed by atoms with van der Waals surface area (Å²) in [5.41, 5.74) is 1.77. The summed E-state index contributed by atoms with van der Waals surface area (Å²) in [6, 6.07) is 7.10. The molecule has 1 aromatic heterocycles. The molecule has 0 unspecified atom stereocenters. The first-order valence-corrected chi connectivity index (χ1v) is 7.56. The summed E-state index contributed by atoms with van der Waals surface area (Å²) >= 11 is 7.49. The molecule has 0 saturated carbocycles. The second kappa shape index (κ2) is 7.38. The van der Waals surface area contributed by atoms with E-state index in [1.807, 2.05) is 18.4 Å². The van der Waals surface area contributed by atoms with Gasteiger partial charge in [-0.25, -0.2) is 4.98 Å². The zero-order chi connectivity index (χ0) is 14.4. The molecule has 1 heterocycles. The summed E-state index contributed by atoms with van der Waals surface area (Å²) in [6.07, 6.45) is 0.828. The minimum atomic E-state index is -0.0817. The van der Waals surface area contributed by atoms with Crippen LogP contribution in [0.3, 0.4) is 0 Å². The van der Waals surface area contributed by atoms with Crippen LogP contribution in [0.1, 0.15) is 10.7 Å². The van der Waals surface area contributed by atoms with E-state index < -0.39 is 0 Å². The summed E-state index contributed by atoms with van der Waals surface area (Å²) in [5.74, 6) is -0.0817. The Balaban J connectivity index is 1.67. The lowest BCUT2D eigenvalue weighted by Gasteiger charge is -2.06. The number of carbonyl (C=O) groups excluding carboxylic acids is 1. The quantitative estimate of drug-likeness (QED) is 0.807. The first kappa shape index (κ1) is 15.0. The van der Waals surface area contributed by atoms with E-state index in [1.54, 1.807) is 29.5 Å². The van der Waals surface area contributed by atoms with Gasteiger partial charge in [-0.3, -0.25) is 4.79 Å². The molecule has 1 aromatic carbocycles. The fourth-order valence-electron chi connectivity index (χ4n) is 1.71. The van der Waals surface area contributed by atoms with Crippen molar-refractivity contribution >= 4 is 34.5 Å². The maximum Gasteiger partial charge on any atom is 0.238 e. The van der Waals surface area contributed by atoms with E-state index in [4.69, 9.17) is 11.6 Å². The van der Waals surface area contributed by atoms with E-state index in [0.717, 1.165) is 23.7 Å². The predicted octanol–water partition coefficient (Wildman–Crippen LogP) is 2.88. The number of hydrogen-bond acceptors (Lipinski definition) is 4. The Morgan fingerprint density at radius 3 is 3.00 bits per heavy atom. The van der Waals surface area contributed by atoms with E-state index in [-0.39, 0.29) is 12.5 Å². The number of hydrogen-bond donors (Lipinski definition) is 2. The van der Waals surface area contributed by atoms with Crippen LogP contribution in [0.5, 0.6) is 0 Å². The highest BCUT2D eigenvalue weighted by molar-refractivity contribution is 7.09. The molecule has 0 radical (unpaired) electrons. The van der Waals surface area contributed by atoms with Crippen molar-refractivity contribution in [3.05, 3.63) is 45.4 Å². The van der Waals surface area contributed by atoms with Gasteiger partial charge in [-0.2, -0.15) is 0 Å². The Hall–Kier alpha value is -1.43. The molecule has 0 saturated heterocycles. The number of benzene rings is 1. The summed E-state index contributed by atoms with van der Waals surface area (Å²) in [7, 11) is 0. The Morgan fingerprint density at radius 2 is 2.30 bits per heavy atom. The van der Waals surface area contributed by atoms with E-state index in [2.05, 4.69) is 15.6 Å². The molecule has 0 aliphatic rings. The Bertz CT molecular complexity index is 585. The van der Waals surface area contributed by atoms with Gasteiger partial charge in [0.15, 0.2) is 0 Å². The topological polar surface area (TPSA) is 54.0 Å². The first-order valence-electron chi connectivity index (χ1n) is 6.30. The summed E-state index contributed by atoms with van der Waals surface area (Å²) < 4.78 is 0. The average molecular weight is 310 g/mol. The van der Waals surface area contributed by atoms with Gasteiger partial charge in [-0.15, -0.1) is 11.3 Å². The van der Waals surface area contributed by atoms with Gasteiger partial charge in [0.05, 0.1) is 17.2 Å². The molecule has 4 nitrogen and oxygen atoms in total. The number of anilines is 1. The second-order valence-corrected chi connectivity index (χ2v) is 5.84. The van der Waals surface area contributed by atoms with Crippen molar-refractivity contribution in [1.82, 2.24) is 10.3 Å². The molecule has 0 spiro atoms. The molecule has 1 amide bonds. The molecule has 20 heavy (non-hydrogen) atoms. The Kier molecular flexibility index (Phi) is 5.52. The van der Waals surface area contributed by atoms with Crippen molar-refractivity contribution in [3.8, 4) is 0 Å². The minimum Gasteiger partial charge on any atom is -0.325 e. The largest absolute Gasteiger partial charge is 0.325 e. The third-order valence-electron chi connectivity index (χ3n) is 2.62. The zero-order valence-corrected chi connectivity index (χ0v) is 12.7. The maximum absolute atomic E-state index is 11.7. The molecule has 0 bridgehead atoms. The van der Waals surface area contributed by atoms with Crippen LogP contribution in [0.25, 0.3) is 0 Å². The molecule has 2 N–H and O–H groups in total. The highest BCUT2D eigenvalue weighted by atomic mass is 35.5. The summed E-state index contributed by atoms with van der Waals surface area (Å²) in [6.45, 7) is 2.99. The van der Waals surface area contributed by atoms with E-state index in [9.17, 15) is 4.79 Å². The second-order valence-electron chi connectivity index (χ2n) is 4.34. The van der Waals surface area contributed by atoms with Crippen molar-refractivity contribution in [2.24, 2.45) is 0 Å². The molecule has 6 heteroatoms. The SMILES string of the molecule is Cc1nc(CCNCC(=O)Nc2cccc(Cl)c2)cs1. The summed E-state index contributed by atoms with van der Waals surface area (Å²) in [4.78, 5) is 16.1. The Labute approximate surface area is 127 Å². The highest BCUT2D eigenvalue weighted by Gasteiger charge is 2.03. The molecule has 2 rings (SSSR count). The number of carbonyl (C=O) groups is 1. The molecular weight excluding hydrogens is 294 g/mol. The van der Waals surface area contributed by atoms with Gasteiger partial charge in [0.1, 0.15) is 0 Å². The normalized spacial score (nSPS) is 10.5. The number of aryl methyl sites for hydroxylation is 1. The highest BCUT2D eigenvalue weighted by Crippen LogP contribution is 2.14. The fourth-order valence-corrected chi connectivity index (χ4v) is 2.55. The van der Waals surface area contributed by atoms with Crippen LogP contribution in [0.15, 0.2) is 29.6 Å². The minimum absolute atomic E-state index is 0.0817. The van der Waals surface area contributed by atoms with E-state index in [0.29, 0.717) is 10.7 Å². The monoisotopic (exact) mass is 309 g/mol. The van der Waals surface area contributed by atoms with Crippen LogP contribution < -0.4 is 10.6 Å². The predicted molar refractivity (Wildman–Crippen MR) is 83.5 cm³/mol. The first-order chi connectivity index (χ1) is 9.63. The maximum atomic E-state index is 11.7. The van der Waals surface area contributed by atoms with Crippen molar-refractivity contribution < 1.29 is 4.79 Å². The van der Waals surface area contributed by atoms with Gasteiger partial charge in [-0.05, 0) is 25.1 Å². The van der Waals surface area contributed by atoms with Gasteiger partial charge >= 0.3 is 0 Å². The molecular formula is C14H16ClN3OS. The van der Waals surface area contributed by atoms with Crippen LogP contribution in [0.4, 0.5) is 5.69 Å². The van der Waals surface area contributed by atoms with Crippen LogP contribution in [-0.4, -0.2) is 24.0 Å². The van der Waals surface area contributed by atoms with Crippen LogP contribution in [0, 0.1) is 6.92 Å². The van der Waals surface area contributed by atoms with E-state index in [1.165, 1.54) is 0 Å². The molecule has 106 valence electrons. The van der Waals surface area contributed by atoms with Gasteiger partial charge in [0.25, 0.3) is 0 Å². The fraction of sp³-hybridized carbons (Fsp3) is 0.286. The lowest BCUT2D eigenvalue weighted by atomic mass is 10.3. The molecule has 0 aliphatic carbocycles. The van der Waals surface area contributed by atoms with Gasteiger partial charge < -0.3 is 10.6 Å². The number of nitrogens with one attached hydrogen (secondary N) is 2. The lowest BCUT2D eigenvalue weighted by Crippen LogP contribution is -2.29. The van der Waals surface area contributed by atoms with Gasteiger partial charge in [-0.1, -0.05) is 17.7 Å². The number of rotatable bonds is 6. The number of halogens is 1. The van der Waals surface area contributed by atoms with Crippen molar-refractivity contribution in [3.63, 3.8) is 0 Å². The molecule has 0 aliphatic heterocycles. The third kappa shape index (κ3) is 4.92. The van der Waals surface area contributed by atoms with Gasteiger partial charge in [0.2, 0.25) is 5.91 Å². The molecule has 2 aromatic rings. The number of aromatic nitrogens is 1. The van der Waals surface area contributed by atoms with Crippen molar-refractivity contribution in [2.45, 2.75) is 13.3 Å². The number of thiazole rings is 1. The van der Waals surface area contributed by atoms with Gasteiger partial charge in [0, 0.05) is 29.1 Å². The van der Waals surface area contributed by atoms with Crippen LogP contribution >= 0.6 is 22.9 Å². The molecule has 0 atom stereocenters. The summed E-state index contributed by atoms with van der Waals surface area (Å²) in [5, 5.41) is 9.60. The Morgan fingerprint density at radius 1 is 1.45 bits per heavy atom. The van der Waals surface area contributed by atoms with Crippen LogP contribution in [0.2, 0.25) is 5.02 Å². The van der Waals surface area contributed by atoms with Crippen molar-refractivity contribution in [1.29, 1.82) is 0 Å². The molecule has 0 fully saturated rings. The zero-order valence-electron chi connectivity index (χ0n) is 11.1. The number of nitrogens with zero attached hydrogens (tertiary/aromatic N) is 1. The average Bonchev–Trinajstić information content (AvgIpc) is 2.80. The number of amides is 1. The standard InChI is InChI=1S/C14H16ClN3OS/c1-10-17-13(9-20-10)5-6-16-8-14(19)18-12-4-2-3-11(15)7-12/h2-4,7,9,16H,5-6,8H2,1H3,(H,18,19). The van der Waals surface area contributed by atoms with E-state index >= 15 is 0 Å². The van der Waals surface area contributed by atoms with Crippen molar-refractivity contribution in [2.75, 3.05) is 18.4 Å². The lowest BCUT2D eigenvalue weighted by molar-refractivity contribution is -0.115. The third-order valence-corrected chi connectivity index (χ3v) is 3.68. The smallest absolute Gasteiger partial charge is 0.238 e.